The third-order valence-electron chi connectivity index (χ3n) is 3.12. The molecule has 1 heterocycles. The summed E-state index contributed by atoms with van der Waals surface area (Å²) in [6.45, 7) is 4.42. The number of nitrogens with zero attached hydrogens (tertiary/aromatic N) is 2. The Balaban J connectivity index is 2.11. The van der Waals surface area contributed by atoms with E-state index in [0.29, 0.717) is 6.04 Å². The molecule has 17 heavy (non-hydrogen) atoms. The molecule has 0 radical (unpaired) electrons. The SMILES string of the molecule is CNC(C)CCCCN(C)Cc1ccncc1. The molecule has 0 spiro atoms. The van der Waals surface area contributed by atoms with Gasteiger partial charge >= 0.3 is 0 Å². The molecule has 0 bridgehead atoms. The van der Waals surface area contributed by atoms with Gasteiger partial charge in [0.25, 0.3) is 0 Å². The first-order chi connectivity index (χ1) is 8.22. The van der Waals surface area contributed by atoms with Crippen molar-refractivity contribution < 1.29 is 0 Å². The van der Waals surface area contributed by atoms with Crippen LogP contribution in [0, 0.1) is 0 Å². The lowest BCUT2D eigenvalue weighted by Gasteiger charge is -2.17. The van der Waals surface area contributed by atoms with E-state index in [1.165, 1.54) is 31.4 Å². The molecule has 1 unspecified atom stereocenters. The van der Waals surface area contributed by atoms with Crippen LogP contribution < -0.4 is 5.32 Å². The molecule has 0 fully saturated rings. The Bertz CT molecular complexity index is 287. The van der Waals surface area contributed by atoms with E-state index in [1.54, 1.807) is 0 Å². The lowest BCUT2D eigenvalue weighted by atomic mass is 10.1. The van der Waals surface area contributed by atoms with E-state index in [4.69, 9.17) is 0 Å². The van der Waals surface area contributed by atoms with Crippen molar-refractivity contribution in [3.63, 3.8) is 0 Å². The molecule has 0 amide bonds. The van der Waals surface area contributed by atoms with Crippen LogP contribution in [-0.4, -0.2) is 36.6 Å². The van der Waals surface area contributed by atoms with Crippen LogP contribution in [0.1, 0.15) is 31.7 Å². The topological polar surface area (TPSA) is 28.2 Å². The van der Waals surface area contributed by atoms with Gasteiger partial charge in [0.1, 0.15) is 0 Å². The molecule has 96 valence electrons. The Kier molecular flexibility index (Phi) is 6.82. The zero-order chi connectivity index (χ0) is 12.5. The highest BCUT2D eigenvalue weighted by Crippen LogP contribution is 2.05. The summed E-state index contributed by atoms with van der Waals surface area (Å²) in [4.78, 5) is 6.41. The van der Waals surface area contributed by atoms with Crippen LogP contribution in [0.15, 0.2) is 24.5 Å². The number of nitrogens with one attached hydrogen (secondary N) is 1. The first-order valence-corrected chi connectivity index (χ1v) is 6.47. The first-order valence-electron chi connectivity index (χ1n) is 6.47. The molecular formula is C14H25N3. The van der Waals surface area contributed by atoms with E-state index in [1.807, 2.05) is 19.4 Å². The third kappa shape index (κ3) is 6.39. The fourth-order valence-electron chi connectivity index (χ4n) is 1.86. The summed E-state index contributed by atoms with van der Waals surface area (Å²) >= 11 is 0. The molecule has 3 heteroatoms. The lowest BCUT2D eigenvalue weighted by Crippen LogP contribution is -2.22. The number of rotatable bonds is 8. The van der Waals surface area contributed by atoms with Crippen LogP contribution in [0.4, 0.5) is 0 Å². The number of unbranched alkanes of at least 4 members (excludes halogenated alkanes) is 1. The van der Waals surface area contributed by atoms with Crippen molar-refractivity contribution >= 4 is 0 Å². The number of pyridine rings is 1. The van der Waals surface area contributed by atoms with Crippen molar-refractivity contribution in [1.82, 2.24) is 15.2 Å². The van der Waals surface area contributed by atoms with Crippen LogP contribution in [-0.2, 0) is 6.54 Å². The molecule has 1 atom stereocenters. The smallest absolute Gasteiger partial charge is 0.0271 e. The van der Waals surface area contributed by atoms with Gasteiger partial charge in [0, 0.05) is 25.0 Å². The highest BCUT2D eigenvalue weighted by atomic mass is 15.1. The van der Waals surface area contributed by atoms with Crippen LogP contribution in [0.2, 0.25) is 0 Å². The summed E-state index contributed by atoms with van der Waals surface area (Å²) < 4.78 is 0. The van der Waals surface area contributed by atoms with Crippen LogP contribution >= 0.6 is 0 Å². The monoisotopic (exact) mass is 235 g/mol. The van der Waals surface area contributed by atoms with Gasteiger partial charge in [0.2, 0.25) is 0 Å². The predicted molar refractivity (Wildman–Crippen MR) is 72.9 cm³/mol. The van der Waals surface area contributed by atoms with E-state index < -0.39 is 0 Å². The molecule has 0 aromatic carbocycles. The quantitative estimate of drug-likeness (QED) is 0.701. The van der Waals surface area contributed by atoms with E-state index in [2.05, 4.69) is 41.3 Å². The maximum absolute atomic E-state index is 4.03. The van der Waals surface area contributed by atoms with Gasteiger partial charge in [0.15, 0.2) is 0 Å². The fraction of sp³-hybridized carbons (Fsp3) is 0.643. The van der Waals surface area contributed by atoms with Crippen molar-refractivity contribution in [3.8, 4) is 0 Å². The molecule has 0 aliphatic heterocycles. The molecule has 3 nitrogen and oxygen atoms in total. The van der Waals surface area contributed by atoms with Gasteiger partial charge in [-0.15, -0.1) is 0 Å². The van der Waals surface area contributed by atoms with E-state index >= 15 is 0 Å². The standard InChI is InChI=1S/C14H25N3/c1-13(15-2)6-4-5-11-17(3)12-14-7-9-16-10-8-14/h7-10,13,15H,4-6,11-12H2,1-3H3. The van der Waals surface area contributed by atoms with E-state index in [0.717, 1.165) is 6.54 Å². The summed E-state index contributed by atoms with van der Waals surface area (Å²) in [6.07, 6.45) is 7.55. The van der Waals surface area contributed by atoms with Crippen LogP contribution in [0.5, 0.6) is 0 Å². The molecule has 0 aliphatic carbocycles. The van der Waals surface area contributed by atoms with Gasteiger partial charge in [-0.3, -0.25) is 4.98 Å². The van der Waals surface area contributed by atoms with Crippen molar-refractivity contribution in [2.45, 2.75) is 38.8 Å². The van der Waals surface area contributed by atoms with Gasteiger partial charge in [-0.25, -0.2) is 0 Å². The summed E-state index contributed by atoms with van der Waals surface area (Å²) in [5.41, 5.74) is 1.34. The number of aromatic nitrogens is 1. The number of hydrogen-bond donors (Lipinski definition) is 1. The van der Waals surface area contributed by atoms with Gasteiger partial charge in [0.05, 0.1) is 0 Å². The molecule has 1 N–H and O–H groups in total. The van der Waals surface area contributed by atoms with Crippen molar-refractivity contribution in [2.24, 2.45) is 0 Å². The van der Waals surface area contributed by atoms with Gasteiger partial charge in [-0.2, -0.15) is 0 Å². The maximum Gasteiger partial charge on any atom is 0.0271 e. The predicted octanol–water partition coefficient (Wildman–Crippen LogP) is 2.29. The Labute approximate surface area is 105 Å². The summed E-state index contributed by atoms with van der Waals surface area (Å²) in [7, 11) is 4.21. The summed E-state index contributed by atoms with van der Waals surface area (Å²) in [5.74, 6) is 0. The van der Waals surface area contributed by atoms with Gasteiger partial charge in [-0.05, 0) is 58.1 Å². The minimum atomic E-state index is 0.639. The number of hydrogen-bond acceptors (Lipinski definition) is 3. The highest BCUT2D eigenvalue weighted by Gasteiger charge is 2.01. The van der Waals surface area contributed by atoms with Gasteiger partial charge in [-0.1, -0.05) is 6.42 Å². The summed E-state index contributed by atoms with van der Waals surface area (Å²) in [5, 5.41) is 3.27. The molecule has 0 aliphatic rings. The normalized spacial score (nSPS) is 12.9. The molecule has 1 aromatic rings. The van der Waals surface area contributed by atoms with Crippen molar-refractivity contribution in [1.29, 1.82) is 0 Å². The Morgan fingerprint density at radius 3 is 2.65 bits per heavy atom. The highest BCUT2D eigenvalue weighted by molar-refractivity contribution is 5.09. The Hall–Kier alpha value is -0.930. The minimum Gasteiger partial charge on any atom is -0.317 e. The van der Waals surface area contributed by atoms with Crippen molar-refractivity contribution in [3.05, 3.63) is 30.1 Å². The zero-order valence-corrected chi connectivity index (χ0v) is 11.3. The molecule has 1 aromatic heterocycles. The maximum atomic E-state index is 4.03. The molecular weight excluding hydrogens is 210 g/mol. The average Bonchev–Trinajstić information content (AvgIpc) is 2.35. The molecule has 1 rings (SSSR count). The first kappa shape index (κ1) is 14.1. The van der Waals surface area contributed by atoms with Gasteiger partial charge < -0.3 is 10.2 Å². The fourth-order valence-corrected chi connectivity index (χ4v) is 1.86. The minimum absolute atomic E-state index is 0.639. The lowest BCUT2D eigenvalue weighted by molar-refractivity contribution is 0.314. The zero-order valence-electron chi connectivity index (χ0n) is 11.3. The van der Waals surface area contributed by atoms with Crippen molar-refractivity contribution in [2.75, 3.05) is 20.6 Å². The van der Waals surface area contributed by atoms with Crippen LogP contribution in [0.25, 0.3) is 0 Å². The Morgan fingerprint density at radius 1 is 1.29 bits per heavy atom. The van der Waals surface area contributed by atoms with E-state index in [9.17, 15) is 0 Å². The second-order valence-electron chi connectivity index (χ2n) is 4.78. The van der Waals surface area contributed by atoms with Crippen LogP contribution in [0.3, 0.4) is 0 Å². The third-order valence-corrected chi connectivity index (χ3v) is 3.12. The second-order valence-corrected chi connectivity index (χ2v) is 4.78. The summed E-state index contributed by atoms with van der Waals surface area (Å²) in [6, 6.07) is 4.81. The largest absolute Gasteiger partial charge is 0.317 e. The molecule has 0 saturated carbocycles. The second kappa shape index (κ2) is 8.20. The molecule has 0 saturated heterocycles. The average molecular weight is 235 g/mol. The Morgan fingerprint density at radius 2 is 2.00 bits per heavy atom. The van der Waals surface area contributed by atoms with E-state index in [-0.39, 0.29) is 0 Å².